The van der Waals surface area contributed by atoms with E-state index < -0.39 is 29.9 Å². The molecule has 0 amide bonds. The Kier molecular flexibility index (Phi) is 36.2. The van der Waals surface area contributed by atoms with E-state index in [2.05, 4.69) is 13.8 Å². The van der Waals surface area contributed by atoms with Crippen molar-refractivity contribution in [3.8, 4) is 0 Å². The summed E-state index contributed by atoms with van der Waals surface area (Å²) in [5.41, 5.74) is 5.72. The summed E-state index contributed by atoms with van der Waals surface area (Å²) in [5.74, 6) is -2.69. The normalized spacial score (nSPS) is 11.1. The fourth-order valence-electron chi connectivity index (χ4n) is 3.67. The van der Waals surface area contributed by atoms with E-state index in [4.69, 9.17) is 15.2 Å². The topological polar surface area (TPSA) is 113 Å². The van der Waals surface area contributed by atoms with Crippen molar-refractivity contribution in [3.63, 3.8) is 0 Å². The van der Waals surface area contributed by atoms with E-state index in [1.165, 1.54) is 57.8 Å². The predicted octanol–water partition coefficient (Wildman–Crippen LogP) is 5.00. The van der Waals surface area contributed by atoms with Crippen LogP contribution >= 0.6 is 0 Å². The third-order valence-corrected chi connectivity index (χ3v) is 5.87. The number of hydrogen-bond acceptors (Lipinski definition) is 7. The van der Waals surface area contributed by atoms with Crippen molar-refractivity contribution < 1.29 is 28.7 Å². The Balaban J connectivity index is -0.00000544. The van der Waals surface area contributed by atoms with E-state index in [1.807, 2.05) is 0 Å². The standard InChI is InChI=1S/C27H49NO6.2K.2H/c1-3-5-7-9-11-13-15-17-19-24(29)33-26(31)22-21-23(28)27(32)34-25(30)20-18-16-14-12-10-8-6-4-2;;;;/h23H,3-22,28H2,1-2H3;;;;/t23-;;;;/m0..../s1. The SMILES string of the molecule is CCCCCCCCCCC(=O)OC(=O)CC[C@H](N)C(=O)OC(=O)CCCCCCCCCC.[KH].[KH]. The Morgan fingerprint density at radius 3 is 1.28 bits per heavy atom. The molecule has 0 rings (SSSR count). The van der Waals surface area contributed by atoms with E-state index in [1.54, 1.807) is 0 Å². The first-order chi connectivity index (χ1) is 16.4. The van der Waals surface area contributed by atoms with Crippen LogP contribution in [0.5, 0.6) is 0 Å². The maximum absolute atomic E-state index is 11.9. The van der Waals surface area contributed by atoms with Gasteiger partial charge in [-0.05, 0) is 19.3 Å². The molecule has 0 saturated carbocycles. The van der Waals surface area contributed by atoms with Gasteiger partial charge in [0.05, 0.1) is 0 Å². The van der Waals surface area contributed by atoms with E-state index >= 15 is 0 Å². The molecular weight excluding hydrogens is 512 g/mol. The van der Waals surface area contributed by atoms with E-state index in [9.17, 15) is 19.2 Å². The number of nitrogens with two attached hydrogens (primary N) is 1. The molecule has 202 valence electrons. The van der Waals surface area contributed by atoms with Gasteiger partial charge in [-0.15, -0.1) is 0 Å². The van der Waals surface area contributed by atoms with Crippen LogP contribution in [-0.4, -0.2) is 133 Å². The van der Waals surface area contributed by atoms with Crippen LogP contribution in [0, 0.1) is 0 Å². The first kappa shape index (κ1) is 42.0. The van der Waals surface area contributed by atoms with Gasteiger partial charge in [0.25, 0.3) is 0 Å². The molecule has 0 unspecified atom stereocenters. The molecule has 2 N–H and O–H groups in total. The van der Waals surface area contributed by atoms with Crippen LogP contribution in [0.15, 0.2) is 0 Å². The average molecular weight is 564 g/mol. The van der Waals surface area contributed by atoms with Crippen LogP contribution in [0.25, 0.3) is 0 Å². The first-order valence-corrected chi connectivity index (χ1v) is 13.6. The maximum atomic E-state index is 11.9. The summed E-state index contributed by atoms with van der Waals surface area (Å²) in [6.45, 7) is 4.37. The van der Waals surface area contributed by atoms with E-state index in [0.717, 1.165) is 32.1 Å². The number of ether oxygens (including phenoxy) is 2. The summed E-state index contributed by atoms with van der Waals surface area (Å²) in [5, 5.41) is 0. The second-order valence-electron chi connectivity index (χ2n) is 9.23. The molecule has 0 aliphatic rings. The Hall–Kier alpha value is 1.51. The molecule has 7 nitrogen and oxygen atoms in total. The summed E-state index contributed by atoms with van der Waals surface area (Å²) in [4.78, 5) is 47.3. The number of hydrogen-bond donors (Lipinski definition) is 1. The minimum absolute atomic E-state index is 0. The fraction of sp³-hybridized carbons (Fsp3) is 0.852. The molecule has 0 saturated heterocycles. The van der Waals surface area contributed by atoms with Gasteiger partial charge in [-0.1, -0.05) is 104 Å². The predicted molar refractivity (Wildman–Crippen MR) is 148 cm³/mol. The van der Waals surface area contributed by atoms with Gasteiger partial charge >= 0.3 is 127 Å². The Bertz CT molecular complexity index is 574. The molecule has 0 aromatic heterocycles. The van der Waals surface area contributed by atoms with E-state index in [0.29, 0.717) is 12.8 Å². The monoisotopic (exact) mass is 563 g/mol. The second kappa shape index (κ2) is 31.0. The van der Waals surface area contributed by atoms with Gasteiger partial charge in [-0.3, -0.25) is 14.4 Å². The van der Waals surface area contributed by atoms with Gasteiger partial charge in [-0.2, -0.15) is 0 Å². The summed E-state index contributed by atoms with van der Waals surface area (Å²) < 4.78 is 9.55. The van der Waals surface area contributed by atoms with Crippen LogP contribution in [0.4, 0.5) is 0 Å². The summed E-state index contributed by atoms with van der Waals surface area (Å²) in [6, 6.07) is -1.10. The van der Waals surface area contributed by atoms with Crippen molar-refractivity contribution in [2.45, 2.75) is 148 Å². The van der Waals surface area contributed by atoms with Crippen LogP contribution in [0.2, 0.25) is 0 Å². The number of rotatable bonds is 22. The number of unbranched alkanes of at least 4 members (excludes halogenated alkanes) is 14. The third-order valence-electron chi connectivity index (χ3n) is 5.87. The molecule has 0 heterocycles. The van der Waals surface area contributed by atoms with Crippen molar-refractivity contribution in [1.29, 1.82) is 0 Å². The van der Waals surface area contributed by atoms with Crippen molar-refractivity contribution >= 4 is 127 Å². The number of carbonyl (C=O) groups excluding carboxylic acids is 4. The van der Waals surface area contributed by atoms with Gasteiger partial charge in [0.1, 0.15) is 6.04 Å². The van der Waals surface area contributed by atoms with Gasteiger partial charge in [0, 0.05) is 19.3 Å². The summed E-state index contributed by atoms with van der Waals surface area (Å²) in [6.07, 6.45) is 17.9. The Labute approximate surface area is 304 Å². The van der Waals surface area contributed by atoms with Gasteiger partial charge in [-0.25, -0.2) is 4.79 Å². The first-order valence-electron chi connectivity index (χ1n) is 13.6. The Morgan fingerprint density at radius 1 is 0.528 bits per heavy atom. The zero-order valence-corrected chi connectivity index (χ0v) is 21.7. The molecule has 1 atom stereocenters. The van der Waals surface area contributed by atoms with Crippen molar-refractivity contribution in [2.75, 3.05) is 0 Å². The van der Waals surface area contributed by atoms with Crippen LogP contribution in [-0.2, 0) is 28.7 Å². The molecule has 0 bridgehead atoms. The fourth-order valence-corrected chi connectivity index (χ4v) is 3.67. The van der Waals surface area contributed by atoms with Gasteiger partial charge < -0.3 is 15.2 Å². The second-order valence-corrected chi connectivity index (χ2v) is 9.23. The molecule has 0 aromatic rings. The molecule has 0 aliphatic heterocycles. The number of esters is 4. The summed E-state index contributed by atoms with van der Waals surface area (Å²) in [7, 11) is 0. The molecule has 36 heavy (non-hydrogen) atoms. The van der Waals surface area contributed by atoms with Gasteiger partial charge in [0.2, 0.25) is 0 Å². The zero-order valence-electron chi connectivity index (χ0n) is 21.7. The van der Waals surface area contributed by atoms with Gasteiger partial charge in [0.15, 0.2) is 0 Å². The molecule has 0 fully saturated rings. The molecule has 0 radical (unpaired) electrons. The van der Waals surface area contributed by atoms with Crippen molar-refractivity contribution in [2.24, 2.45) is 5.73 Å². The molecule has 0 spiro atoms. The van der Waals surface area contributed by atoms with E-state index in [-0.39, 0.29) is 128 Å². The molecule has 0 aromatic carbocycles. The Morgan fingerprint density at radius 2 is 0.861 bits per heavy atom. The molecular formula is C27H51K2NO6. The van der Waals surface area contributed by atoms with Crippen LogP contribution in [0.3, 0.4) is 0 Å². The van der Waals surface area contributed by atoms with Crippen LogP contribution < -0.4 is 5.73 Å². The minimum atomic E-state index is -1.10. The van der Waals surface area contributed by atoms with Crippen LogP contribution in [0.1, 0.15) is 142 Å². The average Bonchev–Trinajstić information content (AvgIpc) is 2.80. The molecule has 9 heteroatoms. The number of carbonyl (C=O) groups is 4. The zero-order chi connectivity index (χ0) is 25.4. The molecule has 0 aliphatic carbocycles. The third kappa shape index (κ3) is 28.5. The van der Waals surface area contributed by atoms with Crippen molar-refractivity contribution in [3.05, 3.63) is 0 Å². The summed E-state index contributed by atoms with van der Waals surface area (Å²) >= 11 is 0. The quantitative estimate of drug-likeness (QED) is 0.0854. The van der Waals surface area contributed by atoms with Crippen molar-refractivity contribution in [1.82, 2.24) is 0 Å².